The van der Waals surface area contributed by atoms with Crippen LogP contribution < -0.4 is 10.6 Å². The van der Waals surface area contributed by atoms with Crippen molar-refractivity contribution >= 4 is 21.6 Å². The zero-order valence-electron chi connectivity index (χ0n) is 10.2. The fourth-order valence-corrected chi connectivity index (χ4v) is 2.61. The molecule has 0 saturated carbocycles. The molecule has 1 unspecified atom stereocenters. The molecule has 1 fully saturated rings. The molecule has 0 bridgehead atoms. The van der Waals surface area contributed by atoms with E-state index >= 15 is 0 Å². The Bertz CT molecular complexity index is 378. The van der Waals surface area contributed by atoms with Crippen molar-refractivity contribution in [1.82, 2.24) is 0 Å². The number of hydrogen-bond donors (Lipinski definition) is 1. The monoisotopic (exact) mass is 298 g/mol. The van der Waals surface area contributed by atoms with Crippen molar-refractivity contribution in [3.63, 3.8) is 0 Å². The van der Waals surface area contributed by atoms with Crippen molar-refractivity contribution in [3.8, 4) is 0 Å². The molecule has 2 N–H and O–H groups in total. The number of halogens is 1. The summed E-state index contributed by atoms with van der Waals surface area (Å²) >= 11 is 3.51. The third-order valence-electron chi connectivity index (χ3n) is 3.18. The summed E-state index contributed by atoms with van der Waals surface area (Å²) in [6.07, 6.45) is 2.71. The summed E-state index contributed by atoms with van der Waals surface area (Å²) in [7, 11) is 2.10. The number of ether oxygens (including phenoxy) is 1. The van der Waals surface area contributed by atoms with E-state index in [2.05, 4.69) is 40.0 Å². The maximum atomic E-state index is 5.77. The molecule has 1 atom stereocenters. The van der Waals surface area contributed by atoms with Crippen LogP contribution in [0.3, 0.4) is 0 Å². The van der Waals surface area contributed by atoms with E-state index in [0.717, 1.165) is 24.0 Å². The normalized spacial score (nSPS) is 19.6. The highest BCUT2D eigenvalue weighted by atomic mass is 79.9. The molecule has 1 heterocycles. The van der Waals surface area contributed by atoms with E-state index in [-0.39, 0.29) is 0 Å². The van der Waals surface area contributed by atoms with E-state index in [0.29, 0.717) is 12.6 Å². The summed E-state index contributed by atoms with van der Waals surface area (Å²) in [5.74, 6) is 0. The molecule has 1 saturated heterocycles. The van der Waals surface area contributed by atoms with E-state index in [9.17, 15) is 0 Å². The number of rotatable bonds is 4. The molecule has 2 rings (SSSR count). The van der Waals surface area contributed by atoms with Crippen LogP contribution in [-0.4, -0.2) is 26.3 Å². The zero-order chi connectivity index (χ0) is 12.3. The zero-order valence-corrected chi connectivity index (χ0v) is 11.7. The summed E-state index contributed by atoms with van der Waals surface area (Å²) < 4.78 is 6.75. The minimum atomic E-state index is 0.365. The average molecular weight is 299 g/mol. The summed E-state index contributed by atoms with van der Waals surface area (Å²) in [4.78, 5) is 2.24. The topological polar surface area (TPSA) is 38.5 Å². The van der Waals surface area contributed by atoms with Crippen molar-refractivity contribution in [2.45, 2.75) is 25.5 Å². The molecular weight excluding hydrogens is 280 g/mol. The van der Waals surface area contributed by atoms with Gasteiger partial charge < -0.3 is 15.4 Å². The molecule has 1 aromatic rings. The number of likely N-dealkylation sites (N-methyl/N-ethyl adjacent to an activating group) is 1. The van der Waals surface area contributed by atoms with Gasteiger partial charge in [-0.15, -0.1) is 0 Å². The molecule has 4 heteroatoms. The lowest BCUT2D eigenvalue weighted by Gasteiger charge is -2.25. The molecule has 3 nitrogen and oxygen atoms in total. The molecule has 0 amide bonds. The maximum absolute atomic E-state index is 5.77. The second kappa shape index (κ2) is 5.85. The van der Waals surface area contributed by atoms with Gasteiger partial charge in [0, 0.05) is 36.9 Å². The summed E-state index contributed by atoms with van der Waals surface area (Å²) in [5, 5.41) is 0. The number of hydrogen-bond acceptors (Lipinski definition) is 3. The van der Waals surface area contributed by atoms with E-state index < -0.39 is 0 Å². The molecular formula is C13H19BrN2O. The first-order chi connectivity index (χ1) is 8.20. The Hall–Kier alpha value is -0.580. The minimum Gasteiger partial charge on any atom is -0.376 e. The van der Waals surface area contributed by atoms with Gasteiger partial charge in [-0.3, -0.25) is 0 Å². The fourth-order valence-electron chi connectivity index (χ4n) is 2.26. The first-order valence-electron chi connectivity index (χ1n) is 6.02. The van der Waals surface area contributed by atoms with Crippen LogP contribution in [0, 0.1) is 0 Å². The van der Waals surface area contributed by atoms with Gasteiger partial charge in [-0.1, -0.05) is 22.0 Å². The molecule has 17 heavy (non-hydrogen) atoms. The van der Waals surface area contributed by atoms with Crippen LogP contribution in [0.2, 0.25) is 0 Å². The number of anilines is 1. The lowest BCUT2D eigenvalue weighted by molar-refractivity contribution is 0.116. The first-order valence-corrected chi connectivity index (χ1v) is 6.81. The van der Waals surface area contributed by atoms with Crippen LogP contribution in [0.4, 0.5) is 5.69 Å². The SMILES string of the molecule is CN(CC1CCCO1)c1cc(Br)ccc1CN. The van der Waals surface area contributed by atoms with Gasteiger partial charge in [0.2, 0.25) is 0 Å². The Labute approximate surface area is 111 Å². The van der Waals surface area contributed by atoms with Gasteiger partial charge in [0.25, 0.3) is 0 Å². The second-order valence-electron chi connectivity index (χ2n) is 4.49. The first kappa shape index (κ1) is 12.9. The Balaban J connectivity index is 2.11. The predicted octanol–water partition coefficient (Wildman–Crippen LogP) is 2.52. The third kappa shape index (κ3) is 3.21. The third-order valence-corrected chi connectivity index (χ3v) is 3.67. The van der Waals surface area contributed by atoms with Crippen molar-refractivity contribution in [3.05, 3.63) is 28.2 Å². The molecule has 0 spiro atoms. The minimum absolute atomic E-state index is 0.365. The van der Waals surface area contributed by atoms with Crippen molar-refractivity contribution in [2.24, 2.45) is 5.73 Å². The molecule has 0 aromatic heterocycles. The van der Waals surface area contributed by atoms with Crippen molar-refractivity contribution in [2.75, 3.05) is 25.1 Å². The molecule has 1 aliphatic rings. The lowest BCUT2D eigenvalue weighted by Crippen LogP contribution is -2.29. The summed E-state index contributed by atoms with van der Waals surface area (Å²) in [6, 6.07) is 6.23. The van der Waals surface area contributed by atoms with E-state index in [4.69, 9.17) is 10.5 Å². The Morgan fingerprint density at radius 3 is 3.00 bits per heavy atom. The summed E-state index contributed by atoms with van der Waals surface area (Å²) in [6.45, 7) is 2.41. The van der Waals surface area contributed by atoms with Crippen LogP contribution in [0.25, 0.3) is 0 Å². The highest BCUT2D eigenvalue weighted by molar-refractivity contribution is 9.10. The number of benzene rings is 1. The molecule has 94 valence electrons. The quantitative estimate of drug-likeness (QED) is 0.928. The average Bonchev–Trinajstić information content (AvgIpc) is 2.81. The summed E-state index contributed by atoms with van der Waals surface area (Å²) in [5.41, 5.74) is 8.14. The fraction of sp³-hybridized carbons (Fsp3) is 0.538. The van der Waals surface area contributed by atoms with Crippen LogP contribution >= 0.6 is 15.9 Å². The Morgan fingerprint density at radius 2 is 2.35 bits per heavy atom. The maximum Gasteiger partial charge on any atom is 0.0750 e. The Kier molecular flexibility index (Phi) is 4.42. The molecule has 0 radical (unpaired) electrons. The number of nitrogens with two attached hydrogens (primary N) is 1. The van der Waals surface area contributed by atoms with Crippen LogP contribution in [0.15, 0.2) is 22.7 Å². The highest BCUT2D eigenvalue weighted by Gasteiger charge is 2.18. The van der Waals surface area contributed by atoms with Crippen LogP contribution in [0.1, 0.15) is 18.4 Å². The van der Waals surface area contributed by atoms with Gasteiger partial charge in [-0.05, 0) is 30.5 Å². The van der Waals surface area contributed by atoms with E-state index in [1.165, 1.54) is 17.7 Å². The lowest BCUT2D eigenvalue weighted by atomic mass is 10.1. The van der Waals surface area contributed by atoms with Crippen LogP contribution in [-0.2, 0) is 11.3 Å². The van der Waals surface area contributed by atoms with E-state index in [1.807, 2.05) is 6.07 Å². The van der Waals surface area contributed by atoms with Gasteiger partial charge in [-0.2, -0.15) is 0 Å². The van der Waals surface area contributed by atoms with E-state index in [1.54, 1.807) is 0 Å². The van der Waals surface area contributed by atoms with Crippen molar-refractivity contribution in [1.29, 1.82) is 0 Å². The smallest absolute Gasteiger partial charge is 0.0750 e. The molecule has 0 aliphatic carbocycles. The van der Waals surface area contributed by atoms with Gasteiger partial charge in [0.05, 0.1) is 6.10 Å². The van der Waals surface area contributed by atoms with Gasteiger partial charge in [-0.25, -0.2) is 0 Å². The Morgan fingerprint density at radius 1 is 1.53 bits per heavy atom. The largest absolute Gasteiger partial charge is 0.376 e. The van der Waals surface area contributed by atoms with Gasteiger partial charge >= 0.3 is 0 Å². The van der Waals surface area contributed by atoms with Gasteiger partial charge in [0.1, 0.15) is 0 Å². The standard InChI is InChI=1S/C13H19BrN2O/c1-16(9-12-3-2-6-17-12)13-7-11(14)5-4-10(13)8-15/h4-5,7,12H,2-3,6,8-9,15H2,1H3. The van der Waals surface area contributed by atoms with Crippen LogP contribution in [0.5, 0.6) is 0 Å². The van der Waals surface area contributed by atoms with Crippen molar-refractivity contribution < 1.29 is 4.74 Å². The highest BCUT2D eigenvalue weighted by Crippen LogP contribution is 2.25. The molecule has 1 aliphatic heterocycles. The van der Waals surface area contributed by atoms with Gasteiger partial charge in [0.15, 0.2) is 0 Å². The number of nitrogens with zero attached hydrogens (tertiary/aromatic N) is 1. The second-order valence-corrected chi connectivity index (χ2v) is 5.41. The molecule has 1 aromatic carbocycles. The predicted molar refractivity (Wildman–Crippen MR) is 74.3 cm³/mol.